The topological polar surface area (TPSA) is 65.0 Å². The van der Waals surface area contributed by atoms with Crippen LogP contribution in [0, 0.1) is 0 Å². The van der Waals surface area contributed by atoms with Gasteiger partial charge in [-0.15, -0.1) is 0 Å². The Balaban J connectivity index is 2.17. The Morgan fingerprint density at radius 1 is 1.31 bits per heavy atom. The van der Waals surface area contributed by atoms with Crippen molar-refractivity contribution >= 4 is 6.29 Å². The first kappa shape index (κ1) is 9.08. The molecule has 74 valence electrons. The summed E-state index contributed by atoms with van der Waals surface area (Å²) >= 11 is 0. The molecule has 2 aliphatic heterocycles. The van der Waals surface area contributed by atoms with Crippen LogP contribution in [0.15, 0.2) is 0 Å². The molecule has 0 aromatic rings. The molecule has 5 nitrogen and oxygen atoms in total. The summed E-state index contributed by atoms with van der Waals surface area (Å²) in [5.41, 5.74) is 0. The maximum absolute atomic E-state index is 10.5. The lowest BCUT2D eigenvalue weighted by atomic mass is 10.1. The molecule has 2 rings (SSSR count). The van der Waals surface area contributed by atoms with Gasteiger partial charge in [0.25, 0.3) is 0 Å². The van der Waals surface area contributed by atoms with E-state index in [-0.39, 0.29) is 0 Å². The van der Waals surface area contributed by atoms with Gasteiger partial charge in [0.15, 0.2) is 18.4 Å². The average Bonchev–Trinajstić information content (AvgIpc) is 2.47. The van der Waals surface area contributed by atoms with Gasteiger partial charge in [0.1, 0.15) is 18.3 Å². The number of rotatable bonds is 1. The molecule has 2 heterocycles. The first-order chi connectivity index (χ1) is 6.03. The smallest absolute Gasteiger partial charge is 0.184 e. The van der Waals surface area contributed by atoms with E-state index in [1.807, 2.05) is 0 Å². The number of ether oxygens (including phenoxy) is 3. The van der Waals surface area contributed by atoms with Crippen LogP contribution in [0.3, 0.4) is 0 Å². The van der Waals surface area contributed by atoms with Gasteiger partial charge in [-0.25, -0.2) is 0 Å². The second kappa shape index (κ2) is 2.75. The van der Waals surface area contributed by atoms with Crippen LogP contribution in [0.5, 0.6) is 0 Å². The van der Waals surface area contributed by atoms with Crippen LogP contribution in [-0.2, 0) is 19.0 Å². The summed E-state index contributed by atoms with van der Waals surface area (Å²) in [6.07, 6.45) is -2.20. The number of carbonyl (C=O) groups excluding carboxylic acids is 1. The number of hydrogen-bond donors (Lipinski definition) is 1. The SMILES string of the molecule is CC1(C)O[C@@H]2[C@H](O1)C(O)O[C@@H]2C=O. The molecule has 13 heavy (non-hydrogen) atoms. The number of aldehydes is 1. The molecular weight excluding hydrogens is 176 g/mol. The minimum atomic E-state index is -1.07. The molecule has 4 atom stereocenters. The van der Waals surface area contributed by atoms with Crippen LogP contribution >= 0.6 is 0 Å². The molecule has 0 saturated carbocycles. The highest BCUT2D eigenvalue weighted by atomic mass is 16.8. The van der Waals surface area contributed by atoms with Gasteiger partial charge in [-0.2, -0.15) is 0 Å². The summed E-state index contributed by atoms with van der Waals surface area (Å²) in [5, 5.41) is 9.35. The predicted octanol–water partition coefficient (Wildman–Crippen LogP) is -0.577. The average molecular weight is 188 g/mol. The number of aliphatic hydroxyl groups is 1. The molecule has 1 N–H and O–H groups in total. The zero-order valence-electron chi connectivity index (χ0n) is 7.47. The summed E-state index contributed by atoms with van der Waals surface area (Å²) < 4.78 is 15.7. The lowest BCUT2D eigenvalue weighted by molar-refractivity contribution is -0.216. The van der Waals surface area contributed by atoms with Gasteiger partial charge in [0, 0.05) is 0 Å². The quantitative estimate of drug-likeness (QED) is 0.558. The van der Waals surface area contributed by atoms with Crippen molar-refractivity contribution in [3.8, 4) is 0 Å². The van der Waals surface area contributed by atoms with E-state index in [0.29, 0.717) is 6.29 Å². The lowest BCUT2D eigenvalue weighted by Gasteiger charge is -2.20. The maximum Gasteiger partial charge on any atom is 0.184 e. The van der Waals surface area contributed by atoms with Crippen LogP contribution < -0.4 is 0 Å². The van der Waals surface area contributed by atoms with E-state index in [2.05, 4.69) is 0 Å². The predicted molar refractivity (Wildman–Crippen MR) is 40.8 cm³/mol. The van der Waals surface area contributed by atoms with Crippen molar-refractivity contribution in [2.75, 3.05) is 0 Å². The molecule has 0 bridgehead atoms. The zero-order chi connectivity index (χ0) is 9.64. The fourth-order valence-electron chi connectivity index (χ4n) is 1.72. The Hall–Kier alpha value is -0.490. The van der Waals surface area contributed by atoms with Gasteiger partial charge >= 0.3 is 0 Å². The third kappa shape index (κ3) is 1.38. The molecule has 5 heteroatoms. The second-order valence-corrected chi connectivity index (χ2v) is 3.69. The van der Waals surface area contributed by atoms with E-state index in [1.165, 1.54) is 0 Å². The zero-order valence-corrected chi connectivity index (χ0v) is 7.47. The molecule has 0 amide bonds. The Bertz CT molecular complexity index is 227. The number of fused-ring (bicyclic) bond motifs is 1. The number of carbonyl (C=O) groups is 1. The van der Waals surface area contributed by atoms with Crippen LogP contribution in [-0.4, -0.2) is 41.8 Å². The highest BCUT2D eigenvalue weighted by molar-refractivity contribution is 5.58. The maximum atomic E-state index is 10.5. The molecule has 0 radical (unpaired) electrons. The van der Waals surface area contributed by atoms with Gasteiger partial charge in [-0.1, -0.05) is 0 Å². The Kier molecular flexibility index (Phi) is 1.92. The van der Waals surface area contributed by atoms with Crippen molar-refractivity contribution in [1.29, 1.82) is 0 Å². The van der Waals surface area contributed by atoms with E-state index in [1.54, 1.807) is 13.8 Å². The molecule has 1 unspecified atom stereocenters. The summed E-state index contributed by atoms with van der Waals surface area (Å²) in [6, 6.07) is 0. The summed E-state index contributed by atoms with van der Waals surface area (Å²) in [5.74, 6) is -0.749. The standard InChI is InChI=1S/C8H12O5/c1-8(2)12-5-4(3-9)11-7(10)6(5)13-8/h3-7,10H,1-2H3/t4-,5+,6+,7?/m1/s1. The van der Waals surface area contributed by atoms with Crippen molar-refractivity contribution in [3.05, 3.63) is 0 Å². The van der Waals surface area contributed by atoms with E-state index in [9.17, 15) is 9.90 Å². The van der Waals surface area contributed by atoms with Gasteiger partial charge in [0.05, 0.1) is 0 Å². The molecular formula is C8H12O5. The Morgan fingerprint density at radius 2 is 1.92 bits per heavy atom. The van der Waals surface area contributed by atoms with Crippen molar-refractivity contribution in [1.82, 2.24) is 0 Å². The van der Waals surface area contributed by atoms with E-state index in [4.69, 9.17) is 14.2 Å². The van der Waals surface area contributed by atoms with E-state index in [0.717, 1.165) is 0 Å². The van der Waals surface area contributed by atoms with Crippen molar-refractivity contribution in [2.45, 2.75) is 44.2 Å². The van der Waals surface area contributed by atoms with Gasteiger partial charge in [-0.3, -0.25) is 0 Å². The minimum Gasteiger partial charge on any atom is -0.366 e. The molecule has 2 fully saturated rings. The van der Waals surface area contributed by atoms with Crippen LogP contribution in [0.2, 0.25) is 0 Å². The lowest BCUT2D eigenvalue weighted by Crippen LogP contribution is -2.30. The Labute approximate surface area is 75.6 Å². The van der Waals surface area contributed by atoms with Crippen LogP contribution in [0.25, 0.3) is 0 Å². The van der Waals surface area contributed by atoms with E-state index >= 15 is 0 Å². The molecule has 0 aromatic heterocycles. The fraction of sp³-hybridized carbons (Fsp3) is 0.875. The number of aliphatic hydroxyl groups excluding tert-OH is 1. The molecule has 2 saturated heterocycles. The summed E-state index contributed by atoms with van der Waals surface area (Å²) in [7, 11) is 0. The fourth-order valence-corrected chi connectivity index (χ4v) is 1.72. The molecule has 0 aliphatic carbocycles. The first-order valence-electron chi connectivity index (χ1n) is 4.18. The van der Waals surface area contributed by atoms with Crippen molar-refractivity contribution < 1.29 is 24.1 Å². The van der Waals surface area contributed by atoms with Crippen molar-refractivity contribution in [2.24, 2.45) is 0 Å². The summed E-state index contributed by atoms with van der Waals surface area (Å²) in [6.45, 7) is 3.47. The minimum absolute atomic E-state index is 0.484. The second-order valence-electron chi connectivity index (χ2n) is 3.69. The number of hydrogen-bond acceptors (Lipinski definition) is 5. The molecule has 0 aromatic carbocycles. The van der Waals surface area contributed by atoms with Crippen molar-refractivity contribution in [3.63, 3.8) is 0 Å². The first-order valence-corrected chi connectivity index (χ1v) is 4.18. The molecule has 2 aliphatic rings. The molecule has 0 spiro atoms. The van der Waals surface area contributed by atoms with E-state index < -0.39 is 30.4 Å². The third-order valence-electron chi connectivity index (χ3n) is 2.20. The monoisotopic (exact) mass is 188 g/mol. The van der Waals surface area contributed by atoms with Gasteiger partial charge < -0.3 is 24.1 Å². The Morgan fingerprint density at radius 3 is 2.54 bits per heavy atom. The highest BCUT2D eigenvalue weighted by Gasteiger charge is 2.54. The largest absolute Gasteiger partial charge is 0.366 e. The van der Waals surface area contributed by atoms with Crippen LogP contribution in [0.4, 0.5) is 0 Å². The highest BCUT2D eigenvalue weighted by Crippen LogP contribution is 2.37. The van der Waals surface area contributed by atoms with Gasteiger partial charge in [0.2, 0.25) is 0 Å². The third-order valence-corrected chi connectivity index (χ3v) is 2.20. The summed E-state index contributed by atoms with van der Waals surface area (Å²) in [4.78, 5) is 10.5. The van der Waals surface area contributed by atoms with Gasteiger partial charge in [-0.05, 0) is 13.8 Å². The van der Waals surface area contributed by atoms with Crippen LogP contribution in [0.1, 0.15) is 13.8 Å². The normalized spacial score (nSPS) is 47.6.